The number of nitrogens with one attached hydrogen (secondary N) is 2. The SMILES string of the molecule is CCNC(=NCCOc1ccc(C(F)(F)F)cn1)NC1CCN(C(=O)C2CCCC2)C1. The number of likely N-dealkylation sites (tertiary alicyclic amines) is 1. The molecule has 1 aromatic heterocycles. The molecule has 2 heterocycles. The standard InChI is InChI=1S/C21H30F3N5O2/c1-2-25-20(26-10-12-31-18-8-7-16(13-27-18)21(22,23)24)28-17-9-11-29(14-17)19(30)15-5-3-4-6-15/h7-8,13,15,17H,2-6,9-12,14H2,1H3,(H2,25,26,28). The van der Waals surface area contributed by atoms with Crippen LogP contribution < -0.4 is 15.4 Å². The van der Waals surface area contributed by atoms with Gasteiger partial charge in [0.1, 0.15) is 6.61 Å². The van der Waals surface area contributed by atoms with Crippen molar-refractivity contribution in [3.05, 3.63) is 23.9 Å². The first-order chi connectivity index (χ1) is 14.9. The van der Waals surface area contributed by atoms with Gasteiger partial charge in [0.2, 0.25) is 11.8 Å². The lowest BCUT2D eigenvalue weighted by Gasteiger charge is -2.21. The predicted molar refractivity (Wildman–Crippen MR) is 111 cm³/mol. The number of nitrogens with zero attached hydrogens (tertiary/aromatic N) is 3. The number of halogens is 3. The molecule has 2 N–H and O–H groups in total. The fourth-order valence-electron chi connectivity index (χ4n) is 3.96. The predicted octanol–water partition coefficient (Wildman–Crippen LogP) is 2.83. The lowest BCUT2D eigenvalue weighted by Crippen LogP contribution is -2.45. The van der Waals surface area contributed by atoms with Crippen molar-refractivity contribution < 1.29 is 22.7 Å². The van der Waals surface area contributed by atoms with Crippen LogP contribution in [0, 0.1) is 5.92 Å². The van der Waals surface area contributed by atoms with Crippen molar-refractivity contribution in [2.75, 3.05) is 32.8 Å². The highest BCUT2D eigenvalue weighted by molar-refractivity contribution is 5.81. The number of amides is 1. The van der Waals surface area contributed by atoms with Crippen LogP contribution in [0.25, 0.3) is 0 Å². The molecule has 1 aliphatic carbocycles. The molecule has 3 rings (SSSR count). The number of carbonyl (C=O) groups excluding carboxylic acids is 1. The second-order valence-electron chi connectivity index (χ2n) is 7.89. The zero-order valence-corrected chi connectivity index (χ0v) is 17.7. The van der Waals surface area contributed by atoms with Gasteiger partial charge in [-0.2, -0.15) is 13.2 Å². The highest BCUT2D eigenvalue weighted by Crippen LogP contribution is 2.29. The molecule has 1 unspecified atom stereocenters. The average molecular weight is 441 g/mol. The van der Waals surface area contributed by atoms with Crippen LogP contribution in [0.2, 0.25) is 0 Å². The topological polar surface area (TPSA) is 78.9 Å². The molecule has 1 saturated heterocycles. The van der Waals surface area contributed by atoms with Crippen molar-refractivity contribution in [1.82, 2.24) is 20.5 Å². The van der Waals surface area contributed by atoms with E-state index in [4.69, 9.17) is 4.74 Å². The average Bonchev–Trinajstić information content (AvgIpc) is 3.43. The third-order valence-corrected chi connectivity index (χ3v) is 5.56. The summed E-state index contributed by atoms with van der Waals surface area (Å²) >= 11 is 0. The van der Waals surface area contributed by atoms with Crippen molar-refractivity contribution in [2.24, 2.45) is 10.9 Å². The van der Waals surface area contributed by atoms with Gasteiger partial charge in [-0.25, -0.2) is 9.98 Å². The molecule has 2 aliphatic rings. The number of rotatable bonds is 7. The number of guanidine groups is 1. The Hall–Kier alpha value is -2.52. The van der Waals surface area contributed by atoms with Crippen LogP contribution in [-0.2, 0) is 11.0 Å². The molecule has 1 saturated carbocycles. The molecule has 172 valence electrons. The summed E-state index contributed by atoms with van der Waals surface area (Å²) in [5.74, 6) is 1.22. The monoisotopic (exact) mass is 441 g/mol. The maximum Gasteiger partial charge on any atom is 0.417 e. The molecule has 7 nitrogen and oxygen atoms in total. The highest BCUT2D eigenvalue weighted by atomic mass is 19.4. The van der Waals surface area contributed by atoms with E-state index >= 15 is 0 Å². The summed E-state index contributed by atoms with van der Waals surface area (Å²) < 4.78 is 43.1. The Labute approximate surface area is 180 Å². The van der Waals surface area contributed by atoms with E-state index in [2.05, 4.69) is 20.6 Å². The lowest BCUT2D eigenvalue weighted by molar-refractivity contribution is -0.138. The van der Waals surface area contributed by atoms with Crippen LogP contribution in [0.15, 0.2) is 23.3 Å². The number of hydrogen-bond donors (Lipinski definition) is 2. The van der Waals surface area contributed by atoms with E-state index in [0.29, 0.717) is 25.6 Å². The summed E-state index contributed by atoms with van der Waals surface area (Å²) in [6, 6.07) is 2.28. The maximum atomic E-state index is 12.6. The van der Waals surface area contributed by atoms with Gasteiger partial charge in [0, 0.05) is 43.9 Å². The van der Waals surface area contributed by atoms with E-state index in [-0.39, 0.29) is 30.4 Å². The maximum absolute atomic E-state index is 12.6. The Balaban J connectivity index is 1.44. The number of carbonyl (C=O) groups is 1. The van der Waals surface area contributed by atoms with Gasteiger partial charge in [-0.3, -0.25) is 4.79 Å². The first-order valence-corrected chi connectivity index (χ1v) is 10.9. The Morgan fingerprint density at radius 2 is 2.06 bits per heavy atom. The summed E-state index contributed by atoms with van der Waals surface area (Å²) in [7, 11) is 0. The van der Waals surface area contributed by atoms with Gasteiger partial charge in [-0.05, 0) is 32.3 Å². The van der Waals surface area contributed by atoms with E-state index < -0.39 is 11.7 Å². The summed E-state index contributed by atoms with van der Waals surface area (Å²) in [5, 5.41) is 6.53. The molecular formula is C21H30F3N5O2. The molecule has 31 heavy (non-hydrogen) atoms. The van der Waals surface area contributed by atoms with Crippen molar-refractivity contribution in [1.29, 1.82) is 0 Å². The fraction of sp³-hybridized carbons (Fsp3) is 0.667. The lowest BCUT2D eigenvalue weighted by atomic mass is 10.1. The van der Waals surface area contributed by atoms with Crippen molar-refractivity contribution in [3.63, 3.8) is 0 Å². The highest BCUT2D eigenvalue weighted by Gasteiger charge is 2.32. The molecule has 10 heteroatoms. The van der Waals surface area contributed by atoms with Gasteiger partial charge in [0.05, 0.1) is 12.1 Å². The quantitative estimate of drug-likeness (QED) is 0.387. The second-order valence-corrected chi connectivity index (χ2v) is 7.89. The number of hydrogen-bond acceptors (Lipinski definition) is 4. The largest absolute Gasteiger partial charge is 0.476 e. The van der Waals surface area contributed by atoms with Crippen LogP contribution in [0.5, 0.6) is 5.88 Å². The van der Waals surface area contributed by atoms with Gasteiger partial charge in [-0.1, -0.05) is 12.8 Å². The molecule has 0 spiro atoms. The number of pyridine rings is 1. The van der Waals surface area contributed by atoms with Crippen molar-refractivity contribution in [2.45, 2.75) is 51.2 Å². The summed E-state index contributed by atoms with van der Waals surface area (Å²) in [6.45, 7) is 4.58. The van der Waals surface area contributed by atoms with E-state index in [0.717, 1.165) is 50.9 Å². The molecule has 0 bridgehead atoms. The molecular weight excluding hydrogens is 411 g/mol. The number of aliphatic imine (C=N–C) groups is 1. The van der Waals surface area contributed by atoms with Crippen LogP contribution in [0.3, 0.4) is 0 Å². The zero-order chi connectivity index (χ0) is 22.3. The van der Waals surface area contributed by atoms with Gasteiger partial charge in [0.25, 0.3) is 0 Å². The second kappa shape index (κ2) is 10.7. The molecule has 1 atom stereocenters. The summed E-state index contributed by atoms with van der Waals surface area (Å²) in [4.78, 5) is 22.7. The Bertz CT molecular complexity index is 748. The number of aromatic nitrogens is 1. The zero-order valence-electron chi connectivity index (χ0n) is 17.7. The van der Waals surface area contributed by atoms with Gasteiger partial charge < -0.3 is 20.3 Å². The third kappa shape index (κ3) is 6.73. The summed E-state index contributed by atoms with van der Waals surface area (Å²) in [5.41, 5.74) is -0.812. The van der Waals surface area contributed by atoms with E-state index in [1.807, 2.05) is 11.8 Å². The summed E-state index contributed by atoms with van der Waals surface area (Å²) in [6.07, 6.45) is 1.51. The van der Waals surface area contributed by atoms with Gasteiger partial charge >= 0.3 is 6.18 Å². The van der Waals surface area contributed by atoms with Crippen molar-refractivity contribution >= 4 is 11.9 Å². The molecule has 1 aliphatic heterocycles. The van der Waals surface area contributed by atoms with E-state index in [1.165, 1.54) is 6.07 Å². The van der Waals surface area contributed by atoms with Crippen LogP contribution in [-0.4, -0.2) is 60.6 Å². The molecule has 1 amide bonds. The van der Waals surface area contributed by atoms with Crippen LogP contribution in [0.4, 0.5) is 13.2 Å². The van der Waals surface area contributed by atoms with Crippen LogP contribution >= 0.6 is 0 Å². The smallest absolute Gasteiger partial charge is 0.417 e. The minimum atomic E-state index is -4.42. The Morgan fingerprint density at radius 1 is 1.29 bits per heavy atom. The fourth-order valence-corrected chi connectivity index (χ4v) is 3.96. The van der Waals surface area contributed by atoms with Gasteiger partial charge in [0.15, 0.2) is 5.96 Å². The number of alkyl halides is 3. The Morgan fingerprint density at radius 3 is 2.71 bits per heavy atom. The molecule has 2 fully saturated rings. The Kier molecular flexibility index (Phi) is 7.97. The minimum Gasteiger partial charge on any atom is -0.476 e. The van der Waals surface area contributed by atoms with Crippen LogP contribution in [0.1, 0.15) is 44.6 Å². The normalized spacial score (nSPS) is 20.2. The number of ether oxygens (including phenoxy) is 1. The van der Waals surface area contributed by atoms with Crippen molar-refractivity contribution in [3.8, 4) is 5.88 Å². The van der Waals surface area contributed by atoms with Gasteiger partial charge in [-0.15, -0.1) is 0 Å². The first-order valence-electron chi connectivity index (χ1n) is 10.9. The molecule has 1 aromatic rings. The minimum absolute atomic E-state index is 0.123. The van der Waals surface area contributed by atoms with E-state index in [1.54, 1.807) is 0 Å². The molecule has 0 radical (unpaired) electrons. The van der Waals surface area contributed by atoms with E-state index in [9.17, 15) is 18.0 Å². The molecule has 0 aromatic carbocycles. The third-order valence-electron chi connectivity index (χ3n) is 5.56. The first kappa shape index (κ1) is 23.1.